The number of alkyl carbamates (subject to hydrolysis) is 1. The standard InChI is InChI=1S/C26H38N4O8/c1-6-16-30(24(35)18(12-13-20(27)32)29-25(36)38-26(3,4)5)22(17-10-8-9-11-19(17)31)23(34)28-15-14-21(33)37-7-2/h6,8-11,18,22,31H,1,7,12-16H2,2-5H3,(H2,27,32)(H,28,34)(H,29,36). The summed E-state index contributed by atoms with van der Waals surface area (Å²) in [6.07, 6.45) is -0.0451. The van der Waals surface area contributed by atoms with E-state index >= 15 is 0 Å². The first-order chi connectivity index (χ1) is 17.8. The number of carbonyl (C=O) groups excluding carboxylic acids is 5. The predicted molar refractivity (Wildman–Crippen MR) is 139 cm³/mol. The molecule has 0 aromatic heterocycles. The van der Waals surface area contributed by atoms with Crippen LogP contribution in [0.1, 0.15) is 58.6 Å². The number of phenolic OH excluding ortho intramolecular Hbond substituents is 1. The van der Waals surface area contributed by atoms with Crippen molar-refractivity contribution in [2.45, 2.75) is 64.6 Å². The van der Waals surface area contributed by atoms with Crippen molar-refractivity contribution in [2.24, 2.45) is 5.73 Å². The molecule has 0 bridgehead atoms. The van der Waals surface area contributed by atoms with Gasteiger partial charge in [-0.1, -0.05) is 24.3 Å². The summed E-state index contributed by atoms with van der Waals surface area (Å²) in [4.78, 5) is 63.9. The number of hydrogen-bond donors (Lipinski definition) is 4. The molecule has 0 radical (unpaired) electrons. The van der Waals surface area contributed by atoms with Crippen LogP contribution >= 0.6 is 0 Å². The number of para-hydroxylation sites is 1. The highest BCUT2D eigenvalue weighted by molar-refractivity contribution is 5.93. The molecule has 0 saturated heterocycles. The molecule has 5 N–H and O–H groups in total. The molecule has 2 unspecified atom stereocenters. The second-order valence-electron chi connectivity index (χ2n) is 9.29. The van der Waals surface area contributed by atoms with Gasteiger partial charge in [0.15, 0.2) is 0 Å². The van der Waals surface area contributed by atoms with Gasteiger partial charge in [0.1, 0.15) is 23.4 Å². The second-order valence-corrected chi connectivity index (χ2v) is 9.29. The number of ether oxygens (including phenoxy) is 2. The third-order valence-corrected chi connectivity index (χ3v) is 5.00. The zero-order valence-electron chi connectivity index (χ0n) is 22.3. The van der Waals surface area contributed by atoms with Crippen LogP contribution in [0, 0.1) is 0 Å². The first kappa shape index (κ1) is 31.9. The molecule has 0 heterocycles. The molecule has 12 heteroatoms. The fraction of sp³-hybridized carbons (Fsp3) is 0.500. The summed E-state index contributed by atoms with van der Waals surface area (Å²) in [7, 11) is 0. The van der Waals surface area contributed by atoms with Crippen LogP contribution in [0.15, 0.2) is 36.9 Å². The van der Waals surface area contributed by atoms with Crippen molar-refractivity contribution in [3.05, 3.63) is 42.5 Å². The fourth-order valence-corrected chi connectivity index (χ4v) is 3.44. The number of nitrogens with two attached hydrogens (primary N) is 1. The van der Waals surface area contributed by atoms with Crippen LogP contribution in [0.25, 0.3) is 0 Å². The van der Waals surface area contributed by atoms with Crippen LogP contribution in [0.2, 0.25) is 0 Å². The summed E-state index contributed by atoms with van der Waals surface area (Å²) in [6.45, 7) is 10.2. The van der Waals surface area contributed by atoms with Gasteiger partial charge in [-0.15, -0.1) is 6.58 Å². The summed E-state index contributed by atoms with van der Waals surface area (Å²) in [5.74, 6) is -2.91. The molecule has 2 atom stereocenters. The topological polar surface area (TPSA) is 177 Å². The van der Waals surface area contributed by atoms with E-state index in [1.165, 1.54) is 18.2 Å². The number of hydrogen-bond acceptors (Lipinski definition) is 8. The minimum absolute atomic E-state index is 0.0842. The van der Waals surface area contributed by atoms with Crippen LogP contribution in [-0.4, -0.2) is 71.1 Å². The van der Waals surface area contributed by atoms with Crippen molar-refractivity contribution in [2.75, 3.05) is 19.7 Å². The Bertz CT molecular complexity index is 1010. The number of phenols is 1. The number of aromatic hydroxyl groups is 1. The van der Waals surface area contributed by atoms with Crippen molar-refractivity contribution in [3.8, 4) is 5.75 Å². The molecule has 1 rings (SSSR count). The lowest BCUT2D eigenvalue weighted by molar-refractivity contribution is -0.144. The van der Waals surface area contributed by atoms with Gasteiger partial charge in [0.05, 0.1) is 13.0 Å². The van der Waals surface area contributed by atoms with E-state index in [4.69, 9.17) is 15.2 Å². The van der Waals surface area contributed by atoms with Crippen LogP contribution in [-0.2, 0) is 28.7 Å². The molecule has 0 fully saturated rings. The average molecular weight is 535 g/mol. The quantitative estimate of drug-likeness (QED) is 0.206. The molecule has 0 spiro atoms. The molecule has 1 aromatic carbocycles. The van der Waals surface area contributed by atoms with Crippen molar-refractivity contribution in [1.29, 1.82) is 0 Å². The predicted octanol–water partition coefficient (Wildman–Crippen LogP) is 1.68. The molecule has 38 heavy (non-hydrogen) atoms. The summed E-state index contributed by atoms with van der Waals surface area (Å²) < 4.78 is 10.1. The number of nitrogens with zero attached hydrogens (tertiary/aromatic N) is 1. The van der Waals surface area contributed by atoms with Crippen molar-refractivity contribution < 1.29 is 38.6 Å². The van der Waals surface area contributed by atoms with Gasteiger partial charge < -0.3 is 35.8 Å². The number of benzene rings is 1. The number of nitrogens with one attached hydrogen (secondary N) is 2. The van der Waals surface area contributed by atoms with Crippen LogP contribution in [0.3, 0.4) is 0 Å². The largest absolute Gasteiger partial charge is 0.508 e. The number of primary amides is 1. The molecule has 12 nitrogen and oxygen atoms in total. The van der Waals surface area contributed by atoms with Crippen LogP contribution in [0.5, 0.6) is 5.75 Å². The lowest BCUT2D eigenvalue weighted by Gasteiger charge is -2.34. The highest BCUT2D eigenvalue weighted by Crippen LogP contribution is 2.30. The third-order valence-electron chi connectivity index (χ3n) is 5.00. The lowest BCUT2D eigenvalue weighted by Crippen LogP contribution is -2.53. The monoisotopic (exact) mass is 534 g/mol. The van der Waals surface area contributed by atoms with Crippen molar-refractivity contribution in [3.63, 3.8) is 0 Å². The molecule has 1 aromatic rings. The smallest absolute Gasteiger partial charge is 0.408 e. The van der Waals surface area contributed by atoms with E-state index < -0.39 is 47.5 Å². The zero-order valence-corrected chi connectivity index (χ0v) is 22.3. The Balaban J connectivity index is 3.39. The summed E-state index contributed by atoms with van der Waals surface area (Å²) >= 11 is 0. The number of carbonyl (C=O) groups is 5. The van der Waals surface area contributed by atoms with E-state index in [0.29, 0.717) is 0 Å². The van der Waals surface area contributed by atoms with E-state index in [-0.39, 0.29) is 50.3 Å². The van der Waals surface area contributed by atoms with E-state index in [1.807, 2.05) is 0 Å². The molecule has 0 aliphatic heterocycles. The van der Waals surface area contributed by atoms with Crippen molar-refractivity contribution in [1.82, 2.24) is 15.5 Å². The maximum absolute atomic E-state index is 13.8. The Morgan fingerprint density at radius 1 is 1.16 bits per heavy atom. The Labute approximate surface area is 222 Å². The van der Waals surface area contributed by atoms with E-state index in [9.17, 15) is 29.1 Å². The zero-order chi connectivity index (χ0) is 28.9. The SMILES string of the molecule is C=CCN(C(=O)C(CCC(N)=O)NC(=O)OC(C)(C)C)C(C(=O)NCCC(=O)OCC)c1ccccc1O. The summed E-state index contributed by atoms with van der Waals surface area (Å²) in [5, 5.41) is 15.6. The summed E-state index contributed by atoms with van der Waals surface area (Å²) in [5.41, 5.74) is 4.51. The molecular weight excluding hydrogens is 496 g/mol. The van der Waals surface area contributed by atoms with Gasteiger partial charge in [-0.25, -0.2) is 4.79 Å². The fourth-order valence-electron chi connectivity index (χ4n) is 3.44. The minimum Gasteiger partial charge on any atom is -0.508 e. The normalized spacial score (nSPS) is 12.4. The second kappa shape index (κ2) is 15.2. The molecular formula is C26H38N4O8. The average Bonchev–Trinajstić information content (AvgIpc) is 2.81. The van der Waals surface area contributed by atoms with Gasteiger partial charge in [0.2, 0.25) is 17.7 Å². The van der Waals surface area contributed by atoms with Gasteiger partial charge in [-0.3, -0.25) is 19.2 Å². The Morgan fingerprint density at radius 3 is 2.37 bits per heavy atom. The molecule has 0 saturated carbocycles. The van der Waals surface area contributed by atoms with Crippen molar-refractivity contribution >= 4 is 29.8 Å². The molecule has 4 amide bonds. The lowest BCUT2D eigenvalue weighted by atomic mass is 10.0. The first-order valence-electron chi connectivity index (χ1n) is 12.2. The van der Waals surface area contributed by atoms with E-state index in [0.717, 1.165) is 4.90 Å². The first-order valence-corrected chi connectivity index (χ1v) is 12.2. The maximum Gasteiger partial charge on any atom is 0.408 e. The summed E-state index contributed by atoms with van der Waals surface area (Å²) in [6, 6.07) is 3.28. The van der Waals surface area contributed by atoms with Gasteiger partial charge in [0.25, 0.3) is 0 Å². The number of rotatable bonds is 14. The highest BCUT2D eigenvalue weighted by atomic mass is 16.6. The maximum atomic E-state index is 13.8. The van der Waals surface area contributed by atoms with Crippen LogP contribution < -0.4 is 16.4 Å². The molecule has 0 aliphatic rings. The molecule has 0 aliphatic carbocycles. The van der Waals surface area contributed by atoms with Gasteiger partial charge >= 0.3 is 12.1 Å². The number of amides is 4. The Morgan fingerprint density at radius 2 is 1.82 bits per heavy atom. The Kier molecular flexibility index (Phi) is 12.8. The minimum atomic E-state index is -1.37. The highest BCUT2D eigenvalue weighted by Gasteiger charge is 2.37. The van der Waals surface area contributed by atoms with Gasteiger partial charge in [0, 0.05) is 25.1 Å². The molecule has 210 valence electrons. The Hall–Kier alpha value is -4.09. The van der Waals surface area contributed by atoms with Gasteiger partial charge in [-0.2, -0.15) is 0 Å². The van der Waals surface area contributed by atoms with E-state index in [1.54, 1.807) is 39.8 Å². The number of esters is 1. The van der Waals surface area contributed by atoms with E-state index in [2.05, 4.69) is 17.2 Å². The third kappa shape index (κ3) is 10.9. The van der Waals surface area contributed by atoms with Crippen LogP contribution in [0.4, 0.5) is 4.79 Å². The van der Waals surface area contributed by atoms with Gasteiger partial charge in [-0.05, 0) is 40.2 Å².